The minimum absolute atomic E-state index is 0.252. The number of thiophene rings is 1. The molecule has 0 saturated heterocycles. The zero-order valence-electron chi connectivity index (χ0n) is 27.1. The highest BCUT2D eigenvalue weighted by Gasteiger charge is 2.32. The van der Waals surface area contributed by atoms with Crippen molar-refractivity contribution >= 4 is 104 Å². The molecule has 4 aromatic rings. The standard InChI is InChI=1S/C35H28Cl4N4O6S2/c1-35(2,3)49-34(48)43-13-12-20-21(15-40)32(51-22(20)16-43)42-31(45)29(17-8-5-4-6-9-17)50-19-11-7-10-18(14-19)41-30(44)23-24(33(46)47)26(37)28(39)27(38)25(23)36/h4-11,14,29H,12-13,16H2,1-3H3,(H,41,44)(H,42,45)(H,46,47). The van der Waals surface area contributed by atoms with E-state index in [-0.39, 0.29) is 27.3 Å². The number of nitriles is 1. The van der Waals surface area contributed by atoms with Gasteiger partial charge in [0.05, 0.1) is 43.3 Å². The topological polar surface area (TPSA) is 149 Å². The Labute approximate surface area is 321 Å². The summed E-state index contributed by atoms with van der Waals surface area (Å²) in [6.45, 7) is 6.00. The molecule has 3 N–H and O–H groups in total. The van der Waals surface area contributed by atoms with Crippen LogP contribution in [-0.2, 0) is 22.5 Å². The van der Waals surface area contributed by atoms with Crippen LogP contribution in [0.3, 0.4) is 0 Å². The van der Waals surface area contributed by atoms with Gasteiger partial charge >= 0.3 is 12.1 Å². The number of carbonyl (C=O) groups is 4. The molecule has 16 heteroatoms. The number of carbonyl (C=O) groups excluding carboxylic acids is 3. The van der Waals surface area contributed by atoms with Gasteiger partial charge in [-0.15, -0.1) is 23.1 Å². The molecular formula is C35H28Cl4N4O6S2. The van der Waals surface area contributed by atoms with Gasteiger partial charge in [-0.1, -0.05) is 82.8 Å². The smallest absolute Gasteiger partial charge is 0.410 e. The SMILES string of the molecule is CC(C)(C)OC(=O)N1CCc2c(sc(NC(=O)C(Sc3cccc(NC(=O)c4c(Cl)c(Cl)c(Cl)c(Cl)c4C(=O)O)c3)c3ccccc3)c2C#N)C1. The number of nitrogens with one attached hydrogen (secondary N) is 2. The molecule has 10 nitrogen and oxygen atoms in total. The van der Waals surface area contributed by atoms with Gasteiger partial charge in [0.15, 0.2) is 0 Å². The van der Waals surface area contributed by atoms with Gasteiger partial charge in [0.2, 0.25) is 5.91 Å². The lowest BCUT2D eigenvalue weighted by Crippen LogP contribution is -2.39. The highest BCUT2D eigenvalue weighted by molar-refractivity contribution is 8.00. The number of carboxylic acid groups (broad SMARTS) is 1. The summed E-state index contributed by atoms with van der Waals surface area (Å²) in [4.78, 5) is 55.1. The molecule has 3 aromatic carbocycles. The predicted molar refractivity (Wildman–Crippen MR) is 201 cm³/mol. The molecule has 3 amide bonds. The summed E-state index contributed by atoms with van der Waals surface area (Å²) in [5.41, 5.74) is 0.354. The Balaban J connectivity index is 1.39. The van der Waals surface area contributed by atoms with E-state index >= 15 is 0 Å². The van der Waals surface area contributed by atoms with Crippen LogP contribution < -0.4 is 10.6 Å². The number of fused-ring (bicyclic) bond motifs is 1. The summed E-state index contributed by atoms with van der Waals surface area (Å²) < 4.78 is 5.53. The Bertz CT molecular complexity index is 2100. The number of aromatic carboxylic acids is 1. The summed E-state index contributed by atoms with van der Waals surface area (Å²) in [5.74, 6) is -2.82. The van der Waals surface area contributed by atoms with Crippen LogP contribution >= 0.6 is 69.5 Å². The molecule has 2 heterocycles. The Morgan fingerprint density at radius 2 is 1.63 bits per heavy atom. The fourth-order valence-electron chi connectivity index (χ4n) is 5.19. The molecule has 1 aromatic heterocycles. The fourth-order valence-corrected chi connectivity index (χ4v) is 8.51. The molecule has 0 radical (unpaired) electrons. The van der Waals surface area contributed by atoms with Crippen molar-refractivity contribution < 1.29 is 29.0 Å². The molecular weight excluding hydrogens is 778 g/mol. The zero-order valence-corrected chi connectivity index (χ0v) is 31.8. The first-order valence-electron chi connectivity index (χ1n) is 15.1. The van der Waals surface area contributed by atoms with Gasteiger partial charge in [-0.2, -0.15) is 5.26 Å². The van der Waals surface area contributed by atoms with Crippen LogP contribution in [0.25, 0.3) is 0 Å². The van der Waals surface area contributed by atoms with Crippen molar-refractivity contribution in [2.24, 2.45) is 0 Å². The van der Waals surface area contributed by atoms with Crippen molar-refractivity contribution in [2.45, 2.75) is 49.5 Å². The number of hydrogen-bond donors (Lipinski definition) is 3. The lowest BCUT2D eigenvalue weighted by molar-refractivity contribution is -0.115. The summed E-state index contributed by atoms with van der Waals surface area (Å²) in [5, 5.41) is 23.6. The number of carboxylic acids is 1. The van der Waals surface area contributed by atoms with Gasteiger partial charge < -0.3 is 25.4 Å². The maximum atomic E-state index is 14.0. The van der Waals surface area contributed by atoms with E-state index in [2.05, 4.69) is 16.7 Å². The van der Waals surface area contributed by atoms with Crippen LogP contribution in [0.4, 0.5) is 15.5 Å². The summed E-state index contributed by atoms with van der Waals surface area (Å²) >= 11 is 27.0. The van der Waals surface area contributed by atoms with Crippen molar-refractivity contribution in [1.29, 1.82) is 5.26 Å². The first-order valence-corrected chi connectivity index (χ1v) is 18.4. The van der Waals surface area contributed by atoms with Crippen molar-refractivity contribution in [2.75, 3.05) is 17.2 Å². The molecule has 0 spiro atoms. The largest absolute Gasteiger partial charge is 0.478 e. The average Bonchev–Trinajstić information content (AvgIpc) is 3.43. The third kappa shape index (κ3) is 8.58. The van der Waals surface area contributed by atoms with E-state index < -0.39 is 50.9 Å². The van der Waals surface area contributed by atoms with E-state index in [0.29, 0.717) is 34.0 Å². The first kappa shape index (κ1) is 38.3. The molecule has 0 bridgehead atoms. The Morgan fingerprint density at radius 1 is 0.961 bits per heavy atom. The molecule has 1 aliphatic rings. The number of rotatable bonds is 8. The maximum absolute atomic E-state index is 14.0. The Kier molecular flexibility index (Phi) is 11.8. The van der Waals surface area contributed by atoms with Crippen LogP contribution in [0, 0.1) is 11.3 Å². The molecule has 0 aliphatic carbocycles. The highest BCUT2D eigenvalue weighted by Crippen LogP contribution is 2.43. The second-order valence-electron chi connectivity index (χ2n) is 12.2. The first-order chi connectivity index (χ1) is 24.1. The van der Waals surface area contributed by atoms with Gasteiger partial charge in [0.1, 0.15) is 21.9 Å². The number of amides is 3. The third-order valence-corrected chi connectivity index (χ3v) is 11.6. The third-order valence-electron chi connectivity index (χ3n) is 7.45. The fraction of sp³-hybridized carbons (Fsp3) is 0.229. The van der Waals surface area contributed by atoms with E-state index in [9.17, 15) is 29.5 Å². The average molecular weight is 807 g/mol. The van der Waals surface area contributed by atoms with Crippen molar-refractivity contribution in [3.63, 3.8) is 0 Å². The molecule has 264 valence electrons. The van der Waals surface area contributed by atoms with Crippen LogP contribution in [0.5, 0.6) is 0 Å². The van der Waals surface area contributed by atoms with E-state index in [1.807, 2.05) is 6.07 Å². The minimum atomic E-state index is -1.53. The van der Waals surface area contributed by atoms with E-state index in [1.165, 1.54) is 23.1 Å². The van der Waals surface area contributed by atoms with Crippen LogP contribution in [0.15, 0.2) is 59.5 Å². The van der Waals surface area contributed by atoms with Gasteiger partial charge in [-0.3, -0.25) is 9.59 Å². The monoisotopic (exact) mass is 804 g/mol. The van der Waals surface area contributed by atoms with Gasteiger partial charge in [-0.25, -0.2) is 9.59 Å². The second kappa shape index (κ2) is 15.7. The highest BCUT2D eigenvalue weighted by atomic mass is 35.5. The van der Waals surface area contributed by atoms with Gasteiger partial charge in [-0.05, 0) is 56.5 Å². The van der Waals surface area contributed by atoms with Crippen molar-refractivity contribution in [1.82, 2.24) is 4.90 Å². The lowest BCUT2D eigenvalue weighted by atomic mass is 10.0. The summed E-state index contributed by atoms with van der Waals surface area (Å²) in [6.07, 6.45) is -0.0110. The number of thioether (sulfide) groups is 1. The van der Waals surface area contributed by atoms with Crippen molar-refractivity contribution in [3.8, 4) is 6.07 Å². The second-order valence-corrected chi connectivity index (χ2v) is 16.0. The number of ether oxygens (including phenoxy) is 1. The molecule has 1 aliphatic heterocycles. The molecule has 0 fully saturated rings. The normalized spacial score (nSPS) is 13.1. The molecule has 51 heavy (non-hydrogen) atoms. The van der Waals surface area contributed by atoms with E-state index in [1.54, 1.807) is 74.2 Å². The molecule has 1 unspecified atom stereocenters. The Hall–Kier alpha value is -3.96. The maximum Gasteiger partial charge on any atom is 0.410 e. The van der Waals surface area contributed by atoms with Crippen molar-refractivity contribution in [3.05, 3.63) is 107 Å². The molecule has 0 saturated carbocycles. The van der Waals surface area contributed by atoms with Crippen LogP contribution in [-0.4, -0.2) is 46.0 Å². The Morgan fingerprint density at radius 3 is 2.25 bits per heavy atom. The number of hydrogen-bond acceptors (Lipinski definition) is 8. The molecule has 5 rings (SSSR count). The van der Waals surface area contributed by atoms with Crippen LogP contribution in [0.2, 0.25) is 20.1 Å². The summed E-state index contributed by atoms with van der Waals surface area (Å²) in [6, 6.07) is 17.8. The zero-order chi connectivity index (χ0) is 37.2. The molecule has 1 atom stereocenters. The van der Waals surface area contributed by atoms with E-state index in [0.717, 1.165) is 10.4 Å². The number of anilines is 2. The lowest BCUT2D eigenvalue weighted by Gasteiger charge is -2.29. The quantitative estimate of drug-likeness (QED) is 0.0906. The van der Waals surface area contributed by atoms with Crippen LogP contribution in [0.1, 0.15) is 68.3 Å². The summed E-state index contributed by atoms with van der Waals surface area (Å²) in [7, 11) is 0. The minimum Gasteiger partial charge on any atom is -0.478 e. The van der Waals surface area contributed by atoms with Gasteiger partial charge in [0, 0.05) is 22.0 Å². The predicted octanol–water partition coefficient (Wildman–Crippen LogP) is 9.95. The number of benzene rings is 3. The number of nitrogens with zero attached hydrogens (tertiary/aromatic N) is 2. The van der Waals surface area contributed by atoms with E-state index in [4.69, 9.17) is 51.1 Å². The number of halogens is 4. The van der Waals surface area contributed by atoms with Gasteiger partial charge in [0.25, 0.3) is 5.91 Å².